The summed E-state index contributed by atoms with van der Waals surface area (Å²) in [5, 5.41) is 9.70. The van der Waals surface area contributed by atoms with Crippen molar-refractivity contribution in [2.45, 2.75) is 36.6 Å². The summed E-state index contributed by atoms with van der Waals surface area (Å²) < 4.78 is 5.62. The number of aliphatic hydroxyl groups excluding tert-OH is 1. The van der Waals surface area contributed by atoms with Gasteiger partial charge in [-0.3, -0.25) is 0 Å². The number of hydrogen-bond donors (Lipinski definition) is 1. The first-order chi connectivity index (χ1) is 9.70. The second kappa shape index (κ2) is 8.01. The molecule has 2 nitrogen and oxygen atoms in total. The molecule has 1 aromatic rings. The molecular weight excluding hydrogens is 288 g/mol. The van der Waals surface area contributed by atoms with Gasteiger partial charge in [-0.05, 0) is 36.5 Å². The number of thioether (sulfide) groups is 2. The van der Waals surface area contributed by atoms with Crippen molar-refractivity contribution < 1.29 is 9.84 Å². The first-order valence-electron chi connectivity index (χ1n) is 6.99. The van der Waals surface area contributed by atoms with Crippen LogP contribution in [0.15, 0.2) is 42.7 Å². The molecule has 1 unspecified atom stereocenters. The van der Waals surface area contributed by atoms with Gasteiger partial charge in [0.2, 0.25) is 0 Å². The zero-order chi connectivity index (χ0) is 14.3. The lowest BCUT2D eigenvalue weighted by molar-refractivity contribution is 0.183. The van der Waals surface area contributed by atoms with E-state index in [4.69, 9.17) is 4.74 Å². The summed E-state index contributed by atoms with van der Waals surface area (Å²) in [6, 6.07) is 10.2. The van der Waals surface area contributed by atoms with Gasteiger partial charge in [0.15, 0.2) is 0 Å². The first kappa shape index (κ1) is 15.8. The van der Waals surface area contributed by atoms with Crippen LogP contribution in [0.5, 0.6) is 0 Å². The van der Waals surface area contributed by atoms with E-state index in [-0.39, 0.29) is 10.2 Å². The average Bonchev–Trinajstić information content (AvgIpc) is 2.45. The van der Waals surface area contributed by atoms with Gasteiger partial charge >= 0.3 is 0 Å². The lowest BCUT2D eigenvalue weighted by atomic mass is 10.2. The molecule has 0 aromatic heterocycles. The van der Waals surface area contributed by atoms with Crippen molar-refractivity contribution in [3.63, 3.8) is 0 Å². The Morgan fingerprint density at radius 1 is 1.30 bits per heavy atom. The molecule has 0 bridgehead atoms. The standard InChI is InChI=1S/C16H22O2S2/c1-14(17)12-16(19-10-5-11-20-16)8-9-18-13-15-6-3-2-4-7-15/h2-4,6-9,14,17H,5,10-13H2,1H3/b9-8+. The summed E-state index contributed by atoms with van der Waals surface area (Å²) >= 11 is 3.84. The highest BCUT2D eigenvalue weighted by atomic mass is 32.2. The van der Waals surface area contributed by atoms with E-state index in [2.05, 4.69) is 18.2 Å². The summed E-state index contributed by atoms with van der Waals surface area (Å²) in [5.74, 6) is 2.31. The second-order valence-electron chi connectivity index (χ2n) is 5.01. The molecule has 1 aliphatic rings. The summed E-state index contributed by atoms with van der Waals surface area (Å²) in [6.07, 6.45) is 5.66. The predicted molar refractivity (Wildman–Crippen MR) is 88.9 cm³/mol. The highest BCUT2D eigenvalue weighted by Crippen LogP contribution is 2.46. The van der Waals surface area contributed by atoms with E-state index in [1.54, 1.807) is 6.26 Å². The molecule has 0 amide bonds. The Hall–Kier alpha value is -0.580. The molecule has 1 fully saturated rings. The molecule has 110 valence electrons. The summed E-state index contributed by atoms with van der Waals surface area (Å²) in [7, 11) is 0. The predicted octanol–water partition coefficient (Wildman–Crippen LogP) is 4.05. The Bertz CT molecular complexity index is 412. The van der Waals surface area contributed by atoms with Crippen molar-refractivity contribution in [2.75, 3.05) is 11.5 Å². The van der Waals surface area contributed by atoms with Gasteiger partial charge in [0.25, 0.3) is 0 Å². The number of benzene rings is 1. The van der Waals surface area contributed by atoms with Crippen LogP contribution in [0.3, 0.4) is 0 Å². The van der Waals surface area contributed by atoms with E-state index in [0.29, 0.717) is 6.61 Å². The topological polar surface area (TPSA) is 29.5 Å². The SMILES string of the molecule is CC(O)CC1(/C=C/OCc2ccccc2)SCCCS1. The number of aliphatic hydroxyl groups is 1. The van der Waals surface area contributed by atoms with Crippen LogP contribution in [0.1, 0.15) is 25.3 Å². The van der Waals surface area contributed by atoms with Crippen LogP contribution in [-0.2, 0) is 11.3 Å². The molecule has 2 rings (SSSR count). The Balaban J connectivity index is 1.88. The zero-order valence-corrected chi connectivity index (χ0v) is 13.5. The van der Waals surface area contributed by atoms with E-state index < -0.39 is 0 Å². The van der Waals surface area contributed by atoms with Crippen LogP contribution < -0.4 is 0 Å². The second-order valence-corrected chi connectivity index (χ2v) is 8.12. The highest BCUT2D eigenvalue weighted by molar-refractivity contribution is 8.19. The number of hydrogen-bond acceptors (Lipinski definition) is 4. The molecule has 1 atom stereocenters. The molecule has 1 N–H and O–H groups in total. The maximum atomic E-state index is 9.70. The van der Waals surface area contributed by atoms with Gasteiger partial charge in [-0.25, -0.2) is 0 Å². The fourth-order valence-electron chi connectivity index (χ4n) is 2.15. The van der Waals surface area contributed by atoms with Gasteiger partial charge in [-0.15, -0.1) is 23.5 Å². The van der Waals surface area contributed by atoms with Gasteiger partial charge in [0.1, 0.15) is 6.61 Å². The third kappa shape index (κ3) is 5.08. The average molecular weight is 310 g/mol. The lowest BCUT2D eigenvalue weighted by Crippen LogP contribution is -2.27. The lowest BCUT2D eigenvalue weighted by Gasteiger charge is -2.34. The fraction of sp³-hybridized carbons (Fsp3) is 0.500. The molecule has 0 spiro atoms. The van der Waals surface area contributed by atoms with E-state index in [1.165, 1.54) is 12.0 Å². The summed E-state index contributed by atoms with van der Waals surface area (Å²) in [4.78, 5) is 0. The molecule has 4 heteroatoms. The van der Waals surface area contributed by atoms with Gasteiger partial charge < -0.3 is 9.84 Å². The van der Waals surface area contributed by atoms with E-state index in [9.17, 15) is 5.11 Å². The number of rotatable bonds is 6. The molecular formula is C16H22O2S2. The molecule has 1 aromatic carbocycles. The zero-order valence-electron chi connectivity index (χ0n) is 11.8. The summed E-state index contributed by atoms with van der Waals surface area (Å²) in [6.45, 7) is 2.45. The quantitative estimate of drug-likeness (QED) is 0.803. The van der Waals surface area contributed by atoms with Crippen molar-refractivity contribution in [1.82, 2.24) is 0 Å². The van der Waals surface area contributed by atoms with Gasteiger partial charge in [-0.1, -0.05) is 30.3 Å². The van der Waals surface area contributed by atoms with Crippen LogP contribution in [0, 0.1) is 0 Å². The third-order valence-electron chi connectivity index (χ3n) is 3.07. The molecule has 0 radical (unpaired) electrons. The monoisotopic (exact) mass is 310 g/mol. The van der Waals surface area contributed by atoms with Crippen LogP contribution in [0.2, 0.25) is 0 Å². The Morgan fingerprint density at radius 3 is 2.65 bits per heavy atom. The van der Waals surface area contributed by atoms with Crippen molar-refractivity contribution in [1.29, 1.82) is 0 Å². The van der Waals surface area contributed by atoms with Gasteiger partial charge in [0, 0.05) is 6.42 Å². The minimum absolute atomic E-state index is 0.0247. The maximum Gasteiger partial charge on any atom is 0.112 e. The largest absolute Gasteiger partial charge is 0.497 e. The fourth-order valence-corrected chi connectivity index (χ4v) is 5.46. The number of ether oxygens (including phenoxy) is 1. The van der Waals surface area contributed by atoms with Crippen LogP contribution in [0.25, 0.3) is 0 Å². The van der Waals surface area contributed by atoms with Crippen molar-refractivity contribution in [2.24, 2.45) is 0 Å². The van der Waals surface area contributed by atoms with Crippen LogP contribution in [-0.4, -0.2) is 26.8 Å². The first-order valence-corrected chi connectivity index (χ1v) is 8.96. The Morgan fingerprint density at radius 2 is 2.00 bits per heavy atom. The third-order valence-corrected chi connectivity index (χ3v) is 6.35. The molecule has 1 heterocycles. The van der Waals surface area contributed by atoms with E-state index in [0.717, 1.165) is 17.9 Å². The van der Waals surface area contributed by atoms with Crippen molar-refractivity contribution in [3.05, 3.63) is 48.2 Å². The molecule has 20 heavy (non-hydrogen) atoms. The van der Waals surface area contributed by atoms with E-state index >= 15 is 0 Å². The van der Waals surface area contributed by atoms with Crippen molar-refractivity contribution in [3.8, 4) is 0 Å². The maximum absolute atomic E-state index is 9.70. The van der Waals surface area contributed by atoms with Crippen LogP contribution >= 0.6 is 23.5 Å². The van der Waals surface area contributed by atoms with Crippen molar-refractivity contribution >= 4 is 23.5 Å². The van der Waals surface area contributed by atoms with Gasteiger partial charge in [0.05, 0.1) is 16.4 Å². The normalized spacial score (nSPS) is 19.9. The van der Waals surface area contributed by atoms with Gasteiger partial charge in [-0.2, -0.15) is 0 Å². The molecule has 0 saturated carbocycles. The highest BCUT2D eigenvalue weighted by Gasteiger charge is 2.32. The molecule has 1 saturated heterocycles. The Labute approximate surface area is 130 Å². The van der Waals surface area contributed by atoms with Crippen LogP contribution in [0.4, 0.5) is 0 Å². The smallest absolute Gasteiger partial charge is 0.112 e. The molecule has 1 aliphatic heterocycles. The molecule has 0 aliphatic carbocycles. The minimum Gasteiger partial charge on any atom is -0.497 e. The summed E-state index contributed by atoms with van der Waals surface area (Å²) in [5.41, 5.74) is 1.17. The Kier molecular flexibility index (Phi) is 6.33. The van der Waals surface area contributed by atoms with E-state index in [1.807, 2.05) is 48.6 Å². The minimum atomic E-state index is -0.285.